The third-order valence-electron chi connectivity index (χ3n) is 3.47. The van der Waals surface area contributed by atoms with Crippen LogP contribution in [-0.4, -0.2) is 40.7 Å². The lowest BCUT2D eigenvalue weighted by Gasteiger charge is -2.20. The lowest BCUT2D eigenvalue weighted by atomic mass is 10.1. The van der Waals surface area contributed by atoms with Gasteiger partial charge in [0.15, 0.2) is 5.69 Å². The first-order valence-corrected chi connectivity index (χ1v) is 6.58. The van der Waals surface area contributed by atoms with Gasteiger partial charge in [-0.3, -0.25) is 0 Å². The molecule has 1 unspecified atom stereocenters. The Bertz CT molecular complexity index is 476. The zero-order valence-electron chi connectivity index (χ0n) is 11.3. The Morgan fingerprint density at radius 1 is 1.63 bits per heavy atom. The number of hydrogen-bond acceptors (Lipinski definition) is 5. The standard InChI is InChI=1S/C13H20N4O2/c1-8(2)12-15-6-10(11(16-12)13(18)19)17-4-3-9(5-14)7-17/h6,8-9H,3-5,7,14H2,1-2H3,(H,18,19). The molecule has 3 N–H and O–H groups in total. The molecule has 1 aromatic heterocycles. The van der Waals surface area contributed by atoms with Crippen molar-refractivity contribution in [1.82, 2.24) is 9.97 Å². The topological polar surface area (TPSA) is 92.3 Å². The molecule has 104 valence electrons. The van der Waals surface area contributed by atoms with Crippen molar-refractivity contribution in [3.05, 3.63) is 17.7 Å². The van der Waals surface area contributed by atoms with E-state index in [1.165, 1.54) is 0 Å². The minimum atomic E-state index is -1.00. The fraction of sp³-hybridized carbons (Fsp3) is 0.615. The lowest BCUT2D eigenvalue weighted by molar-refractivity contribution is 0.0690. The normalized spacial score (nSPS) is 19.2. The molecule has 0 bridgehead atoms. The summed E-state index contributed by atoms with van der Waals surface area (Å²) in [5.74, 6) is 0.0974. The maximum atomic E-state index is 11.4. The summed E-state index contributed by atoms with van der Waals surface area (Å²) in [7, 11) is 0. The van der Waals surface area contributed by atoms with Crippen LogP contribution in [0.3, 0.4) is 0 Å². The van der Waals surface area contributed by atoms with Crippen LogP contribution in [0.25, 0.3) is 0 Å². The highest BCUT2D eigenvalue weighted by Crippen LogP contribution is 2.26. The molecule has 6 heteroatoms. The van der Waals surface area contributed by atoms with Gasteiger partial charge in [-0.15, -0.1) is 0 Å². The first-order chi connectivity index (χ1) is 9.02. The second-order valence-electron chi connectivity index (χ2n) is 5.26. The number of carboxylic acids is 1. The van der Waals surface area contributed by atoms with Gasteiger partial charge in [0, 0.05) is 19.0 Å². The molecule has 1 fully saturated rings. The maximum absolute atomic E-state index is 11.4. The monoisotopic (exact) mass is 264 g/mol. The van der Waals surface area contributed by atoms with Crippen molar-refractivity contribution >= 4 is 11.7 Å². The van der Waals surface area contributed by atoms with E-state index in [0.717, 1.165) is 19.5 Å². The average molecular weight is 264 g/mol. The molecule has 2 rings (SSSR count). The SMILES string of the molecule is CC(C)c1ncc(N2CCC(CN)C2)c(C(=O)O)n1. The zero-order valence-corrected chi connectivity index (χ0v) is 11.3. The molecule has 19 heavy (non-hydrogen) atoms. The summed E-state index contributed by atoms with van der Waals surface area (Å²) in [6.07, 6.45) is 2.62. The van der Waals surface area contributed by atoms with E-state index in [1.54, 1.807) is 6.20 Å². The van der Waals surface area contributed by atoms with Crippen molar-refractivity contribution < 1.29 is 9.90 Å². The molecule has 0 amide bonds. The molecular weight excluding hydrogens is 244 g/mol. The number of nitrogens with zero attached hydrogens (tertiary/aromatic N) is 3. The molecule has 0 saturated carbocycles. The van der Waals surface area contributed by atoms with Gasteiger partial charge in [-0.2, -0.15) is 0 Å². The van der Waals surface area contributed by atoms with Crippen LogP contribution in [0.4, 0.5) is 5.69 Å². The van der Waals surface area contributed by atoms with E-state index >= 15 is 0 Å². The first kappa shape index (κ1) is 13.7. The Kier molecular flexibility index (Phi) is 3.99. The summed E-state index contributed by atoms with van der Waals surface area (Å²) in [6.45, 7) is 6.11. The summed E-state index contributed by atoms with van der Waals surface area (Å²) in [4.78, 5) is 21.8. The molecule has 0 radical (unpaired) electrons. The second-order valence-corrected chi connectivity index (χ2v) is 5.26. The van der Waals surface area contributed by atoms with Crippen molar-refractivity contribution in [2.24, 2.45) is 11.7 Å². The Morgan fingerprint density at radius 2 is 2.37 bits per heavy atom. The molecule has 1 aromatic rings. The van der Waals surface area contributed by atoms with E-state index in [-0.39, 0.29) is 11.6 Å². The highest BCUT2D eigenvalue weighted by Gasteiger charge is 2.26. The van der Waals surface area contributed by atoms with Gasteiger partial charge in [-0.1, -0.05) is 13.8 Å². The summed E-state index contributed by atoms with van der Waals surface area (Å²) in [6, 6.07) is 0. The predicted molar refractivity (Wildman–Crippen MR) is 72.5 cm³/mol. The maximum Gasteiger partial charge on any atom is 0.356 e. The van der Waals surface area contributed by atoms with Crippen LogP contribution in [0.2, 0.25) is 0 Å². The van der Waals surface area contributed by atoms with E-state index < -0.39 is 5.97 Å². The molecule has 1 atom stereocenters. The highest BCUT2D eigenvalue weighted by atomic mass is 16.4. The Balaban J connectivity index is 2.32. The van der Waals surface area contributed by atoms with Gasteiger partial charge in [0.2, 0.25) is 0 Å². The van der Waals surface area contributed by atoms with E-state index in [1.807, 2.05) is 18.7 Å². The number of aromatic carboxylic acids is 1. The molecule has 1 saturated heterocycles. The number of rotatable bonds is 4. The second kappa shape index (κ2) is 5.52. The van der Waals surface area contributed by atoms with Crippen molar-refractivity contribution in [1.29, 1.82) is 0 Å². The number of hydrogen-bond donors (Lipinski definition) is 2. The number of aromatic nitrogens is 2. The fourth-order valence-corrected chi connectivity index (χ4v) is 2.30. The fourth-order valence-electron chi connectivity index (χ4n) is 2.30. The van der Waals surface area contributed by atoms with Crippen LogP contribution in [0.5, 0.6) is 0 Å². The van der Waals surface area contributed by atoms with Crippen LogP contribution >= 0.6 is 0 Å². The van der Waals surface area contributed by atoms with Gasteiger partial charge >= 0.3 is 5.97 Å². The molecule has 1 aliphatic heterocycles. The Morgan fingerprint density at radius 3 is 2.89 bits per heavy atom. The van der Waals surface area contributed by atoms with Gasteiger partial charge < -0.3 is 15.7 Å². The van der Waals surface area contributed by atoms with Crippen LogP contribution < -0.4 is 10.6 Å². The highest BCUT2D eigenvalue weighted by molar-refractivity contribution is 5.92. The Hall–Kier alpha value is -1.69. The minimum Gasteiger partial charge on any atom is -0.476 e. The largest absolute Gasteiger partial charge is 0.476 e. The number of anilines is 1. The van der Waals surface area contributed by atoms with Gasteiger partial charge in [-0.05, 0) is 18.9 Å². The lowest BCUT2D eigenvalue weighted by Crippen LogP contribution is -2.25. The van der Waals surface area contributed by atoms with Crippen molar-refractivity contribution in [3.63, 3.8) is 0 Å². The van der Waals surface area contributed by atoms with Crippen molar-refractivity contribution in [2.45, 2.75) is 26.2 Å². The van der Waals surface area contributed by atoms with Gasteiger partial charge in [0.25, 0.3) is 0 Å². The summed E-state index contributed by atoms with van der Waals surface area (Å²) >= 11 is 0. The van der Waals surface area contributed by atoms with E-state index in [0.29, 0.717) is 24.0 Å². The van der Waals surface area contributed by atoms with Crippen LogP contribution in [-0.2, 0) is 0 Å². The first-order valence-electron chi connectivity index (χ1n) is 6.58. The Labute approximate surface area is 112 Å². The third kappa shape index (κ3) is 2.84. The molecule has 0 aromatic carbocycles. The van der Waals surface area contributed by atoms with Crippen molar-refractivity contribution in [2.75, 3.05) is 24.5 Å². The van der Waals surface area contributed by atoms with Gasteiger partial charge in [0.05, 0.1) is 11.9 Å². The number of nitrogens with two attached hydrogens (primary N) is 1. The van der Waals surface area contributed by atoms with Crippen LogP contribution in [0.1, 0.15) is 42.5 Å². The van der Waals surface area contributed by atoms with Gasteiger partial charge in [0.1, 0.15) is 5.82 Å². The number of carboxylic acid groups (broad SMARTS) is 1. The van der Waals surface area contributed by atoms with E-state index in [9.17, 15) is 9.90 Å². The molecule has 2 heterocycles. The summed E-state index contributed by atoms with van der Waals surface area (Å²) in [5.41, 5.74) is 6.36. The molecule has 1 aliphatic rings. The van der Waals surface area contributed by atoms with E-state index in [4.69, 9.17) is 5.73 Å². The quantitative estimate of drug-likeness (QED) is 0.845. The third-order valence-corrected chi connectivity index (χ3v) is 3.47. The number of carbonyl (C=O) groups is 1. The average Bonchev–Trinajstić information content (AvgIpc) is 2.86. The van der Waals surface area contributed by atoms with Gasteiger partial charge in [-0.25, -0.2) is 14.8 Å². The summed E-state index contributed by atoms with van der Waals surface area (Å²) in [5, 5.41) is 9.31. The molecule has 0 aliphatic carbocycles. The molecule has 6 nitrogen and oxygen atoms in total. The van der Waals surface area contributed by atoms with E-state index in [2.05, 4.69) is 9.97 Å². The van der Waals surface area contributed by atoms with Crippen molar-refractivity contribution in [3.8, 4) is 0 Å². The van der Waals surface area contributed by atoms with Crippen LogP contribution in [0, 0.1) is 5.92 Å². The van der Waals surface area contributed by atoms with Crippen LogP contribution in [0.15, 0.2) is 6.20 Å². The molecular formula is C13H20N4O2. The molecule has 0 spiro atoms. The minimum absolute atomic E-state index is 0.0939. The zero-order chi connectivity index (χ0) is 14.0. The smallest absolute Gasteiger partial charge is 0.356 e. The summed E-state index contributed by atoms with van der Waals surface area (Å²) < 4.78 is 0. The predicted octanol–water partition coefficient (Wildman–Crippen LogP) is 1.08.